The lowest BCUT2D eigenvalue weighted by Crippen LogP contribution is -2.51. The second kappa shape index (κ2) is 14.6. The predicted octanol–water partition coefficient (Wildman–Crippen LogP) is 12.4. The van der Waals surface area contributed by atoms with E-state index >= 15 is 0 Å². The maximum Gasteiger partial charge on any atom is 0.248 e. The van der Waals surface area contributed by atoms with Crippen LogP contribution in [0.4, 0.5) is 23.2 Å². The number of carbonyl (C=O) groups excluding carboxylic acids is 2. The quantitative estimate of drug-likeness (QED) is 0.153. The average Bonchev–Trinajstić information content (AvgIpc) is 3.79. The second-order valence-electron chi connectivity index (χ2n) is 19.5. The van der Waals surface area contributed by atoms with Crippen LogP contribution in [0.2, 0.25) is 0 Å². The van der Waals surface area contributed by atoms with Crippen LogP contribution in [-0.2, 0) is 16.0 Å². The van der Waals surface area contributed by atoms with Crippen LogP contribution in [-0.4, -0.2) is 45.3 Å². The smallest absolute Gasteiger partial charge is 0.248 e. The molecule has 2 fully saturated rings. The van der Waals surface area contributed by atoms with Crippen molar-refractivity contribution in [3.8, 4) is 11.1 Å². The van der Waals surface area contributed by atoms with Gasteiger partial charge in [0.25, 0.3) is 0 Å². The molecule has 0 unspecified atom stereocenters. The van der Waals surface area contributed by atoms with Crippen LogP contribution >= 0.6 is 0 Å². The molecule has 6 nitrogen and oxygen atoms in total. The lowest BCUT2D eigenvalue weighted by molar-refractivity contribution is -0.130. The summed E-state index contributed by atoms with van der Waals surface area (Å²) in [6, 6.07) is 20.8. The van der Waals surface area contributed by atoms with Crippen molar-refractivity contribution in [3.05, 3.63) is 72.1 Å². The number of amides is 1. The highest BCUT2D eigenvalue weighted by atomic mass is 19.3. The lowest BCUT2D eigenvalue weighted by atomic mass is 9.74. The summed E-state index contributed by atoms with van der Waals surface area (Å²) in [5.74, 6) is -5.66. The SMILES string of the molecule is CC(C)(C)[C@H](NC(=O)C1CCC(F)(F)CC1)C1=Nc2ccc3cc(-c4ccc5c(ccc6[nH]c([C@@H](CC(=O)C7CCC(F)(F)CC7)C(C)(C)C)nc65)c4)ccc3c2C1. The van der Waals surface area contributed by atoms with Crippen molar-refractivity contribution < 1.29 is 27.2 Å². The second-order valence-corrected chi connectivity index (χ2v) is 19.5. The molecule has 5 aromatic rings. The third-order valence-electron chi connectivity index (χ3n) is 13.1. The zero-order chi connectivity index (χ0) is 41.4. The molecule has 4 aromatic carbocycles. The minimum Gasteiger partial charge on any atom is -0.347 e. The molecule has 1 aliphatic heterocycles. The first-order valence-electron chi connectivity index (χ1n) is 20.9. The van der Waals surface area contributed by atoms with Crippen LogP contribution in [0, 0.1) is 22.7 Å². The molecule has 1 aromatic heterocycles. The Hall–Kier alpha value is -4.60. The van der Waals surface area contributed by atoms with Gasteiger partial charge >= 0.3 is 0 Å². The van der Waals surface area contributed by atoms with Gasteiger partial charge in [0, 0.05) is 67.4 Å². The third-order valence-corrected chi connectivity index (χ3v) is 13.1. The van der Waals surface area contributed by atoms with Crippen LogP contribution in [0.1, 0.15) is 117 Å². The minimum atomic E-state index is -2.68. The third kappa shape index (κ3) is 8.04. The van der Waals surface area contributed by atoms with Crippen molar-refractivity contribution in [1.29, 1.82) is 0 Å². The van der Waals surface area contributed by atoms with E-state index in [2.05, 4.69) is 100 Å². The van der Waals surface area contributed by atoms with Crippen molar-refractivity contribution in [3.63, 3.8) is 0 Å². The van der Waals surface area contributed by atoms with E-state index in [0.717, 1.165) is 66.5 Å². The van der Waals surface area contributed by atoms with E-state index in [4.69, 9.17) is 9.98 Å². The van der Waals surface area contributed by atoms with E-state index in [-0.39, 0.29) is 98.2 Å². The Bertz CT molecular complexity index is 2430. The van der Waals surface area contributed by atoms with Gasteiger partial charge in [0.2, 0.25) is 17.8 Å². The van der Waals surface area contributed by atoms with Gasteiger partial charge < -0.3 is 10.3 Å². The Morgan fingerprint density at radius 3 is 1.93 bits per heavy atom. The van der Waals surface area contributed by atoms with Crippen LogP contribution in [0.25, 0.3) is 43.7 Å². The summed E-state index contributed by atoms with van der Waals surface area (Å²) in [6.07, 6.45) is 0.767. The summed E-state index contributed by atoms with van der Waals surface area (Å²) < 4.78 is 55.3. The molecule has 0 radical (unpaired) electrons. The number of fused-ring (bicyclic) bond motifs is 6. The van der Waals surface area contributed by atoms with E-state index in [1.807, 2.05) is 12.1 Å². The van der Waals surface area contributed by atoms with Crippen molar-refractivity contribution in [1.82, 2.24) is 15.3 Å². The van der Waals surface area contributed by atoms with E-state index < -0.39 is 17.8 Å². The summed E-state index contributed by atoms with van der Waals surface area (Å²) in [5, 5.41) is 7.45. The summed E-state index contributed by atoms with van der Waals surface area (Å²) in [4.78, 5) is 40.4. The fourth-order valence-corrected chi connectivity index (χ4v) is 9.47. The Balaban J connectivity index is 1.01. The standard InChI is InChI=1S/C48H54F4N4O2/c1-45(2,3)36(26-40(57)27-15-19-47(49,50)20-16-27)43-54-38-14-10-32-24-30(8-12-34(32)41(38)55-43)29-7-11-33-31(23-29)9-13-37-35(33)25-39(53-37)42(46(4,5)6)56-44(58)28-17-21-48(51,52)22-18-28/h7-14,23-24,27-28,36,42H,15-22,25-26H2,1-6H3,(H,54,55)(H,56,58)/t36-,42-/m1/s1. The molecule has 0 saturated heterocycles. The van der Waals surface area contributed by atoms with Gasteiger partial charge in [-0.15, -0.1) is 0 Å². The average molecular weight is 795 g/mol. The highest BCUT2D eigenvalue weighted by molar-refractivity contribution is 6.07. The number of Topliss-reactive ketones (excluding diaryl/α,β-unsaturated/α-hetero) is 1. The highest BCUT2D eigenvalue weighted by Crippen LogP contribution is 2.43. The molecule has 2 heterocycles. The molecule has 2 aliphatic carbocycles. The number of halogens is 4. The topological polar surface area (TPSA) is 87.2 Å². The van der Waals surface area contributed by atoms with E-state index in [1.165, 1.54) is 0 Å². The predicted molar refractivity (Wildman–Crippen MR) is 224 cm³/mol. The number of imidazole rings is 1. The monoisotopic (exact) mass is 794 g/mol. The molecule has 0 bridgehead atoms. The summed E-state index contributed by atoms with van der Waals surface area (Å²) in [6.45, 7) is 12.5. The van der Waals surface area contributed by atoms with Gasteiger partial charge in [-0.25, -0.2) is 22.5 Å². The number of rotatable bonds is 8. The number of ketones is 1. The Labute approximate surface area is 337 Å². The fraction of sp³-hybridized carbons (Fsp3) is 0.500. The highest BCUT2D eigenvalue weighted by Gasteiger charge is 2.41. The number of H-pyrrole nitrogens is 1. The van der Waals surface area contributed by atoms with Crippen LogP contribution in [0.5, 0.6) is 0 Å². The fourth-order valence-electron chi connectivity index (χ4n) is 9.47. The molecule has 306 valence electrons. The normalized spacial score (nSPS) is 19.9. The Kier molecular flexibility index (Phi) is 10.1. The van der Waals surface area contributed by atoms with Crippen molar-refractivity contribution >= 4 is 55.7 Å². The number of nitrogens with one attached hydrogen (secondary N) is 2. The summed E-state index contributed by atoms with van der Waals surface area (Å²) >= 11 is 0. The zero-order valence-electron chi connectivity index (χ0n) is 34.4. The molecule has 3 aliphatic rings. The number of alkyl halides is 4. The zero-order valence-corrected chi connectivity index (χ0v) is 34.4. The van der Waals surface area contributed by atoms with Gasteiger partial charge in [0.05, 0.1) is 22.8 Å². The summed E-state index contributed by atoms with van der Waals surface area (Å²) in [5.41, 5.74) is 6.15. The van der Waals surface area contributed by atoms with Crippen LogP contribution < -0.4 is 5.32 Å². The van der Waals surface area contributed by atoms with Gasteiger partial charge in [-0.3, -0.25) is 14.6 Å². The molecule has 1 amide bonds. The number of aromatic amines is 1. The number of nitrogens with zero attached hydrogens (tertiary/aromatic N) is 2. The number of hydrogen-bond acceptors (Lipinski definition) is 4. The molecule has 2 atom stereocenters. The summed E-state index contributed by atoms with van der Waals surface area (Å²) in [7, 11) is 0. The number of aliphatic imine (C=N–C) groups is 1. The number of aromatic nitrogens is 2. The first-order chi connectivity index (χ1) is 27.2. The Morgan fingerprint density at radius 2 is 1.33 bits per heavy atom. The van der Waals surface area contributed by atoms with E-state index in [9.17, 15) is 27.2 Å². The number of carbonyl (C=O) groups is 2. The largest absolute Gasteiger partial charge is 0.347 e. The van der Waals surface area contributed by atoms with Gasteiger partial charge in [-0.05, 0) is 93.6 Å². The van der Waals surface area contributed by atoms with E-state index in [1.54, 1.807) is 0 Å². The van der Waals surface area contributed by atoms with Gasteiger partial charge in [-0.2, -0.15) is 0 Å². The molecular weight excluding hydrogens is 741 g/mol. The van der Waals surface area contributed by atoms with Gasteiger partial charge in [0.1, 0.15) is 11.6 Å². The molecule has 2 N–H and O–H groups in total. The molecule has 0 spiro atoms. The molecule has 2 saturated carbocycles. The maximum atomic E-state index is 13.8. The molecule has 58 heavy (non-hydrogen) atoms. The van der Waals surface area contributed by atoms with E-state index in [0.29, 0.717) is 6.42 Å². The Morgan fingerprint density at radius 1 is 0.759 bits per heavy atom. The van der Waals surface area contributed by atoms with Crippen LogP contribution in [0.15, 0.2) is 65.7 Å². The number of benzene rings is 4. The van der Waals surface area contributed by atoms with Gasteiger partial charge in [-0.1, -0.05) is 77.9 Å². The van der Waals surface area contributed by atoms with Crippen LogP contribution in [0.3, 0.4) is 0 Å². The molecule has 8 rings (SSSR count). The lowest BCUT2D eigenvalue weighted by Gasteiger charge is -2.34. The van der Waals surface area contributed by atoms with Crippen molar-refractivity contribution in [2.75, 3.05) is 0 Å². The molecular formula is C48H54F4N4O2. The van der Waals surface area contributed by atoms with Crippen molar-refractivity contribution in [2.45, 2.75) is 130 Å². The molecule has 10 heteroatoms. The van der Waals surface area contributed by atoms with Gasteiger partial charge in [0.15, 0.2) is 0 Å². The number of hydrogen-bond donors (Lipinski definition) is 2. The first kappa shape index (κ1) is 40.2. The first-order valence-corrected chi connectivity index (χ1v) is 20.9. The minimum absolute atomic E-state index is 0.0460. The maximum absolute atomic E-state index is 13.8. The van der Waals surface area contributed by atoms with Crippen molar-refractivity contribution in [2.24, 2.45) is 27.7 Å².